The fourth-order valence-electron chi connectivity index (χ4n) is 3.63. The summed E-state index contributed by atoms with van der Waals surface area (Å²) in [6.07, 6.45) is 4.88. The second-order valence-electron chi connectivity index (χ2n) is 5.85. The maximum absolute atomic E-state index is 12.4. The highest BCUT2D eigenvalue weighted by molar-refractivity contribution is 5.82. The van der Waals surface area contributed by atoms with Crippen molar-refractivity contribution in [2.45, 2.75) is 51.1 Å². The lowest BCUT2D eigenvalue weighted by Gasteiger charge is -2.26. The van der Waals surface area contributed by atoms with Crippen molar-refractivity contribution < 1.29 is 14.7 Å². The van der Waals surface area contributed by atoms with Crippen LogP contribution in [0.25, 0.3) is 0 Å². The van der Waals surface area contributed by atoms with Crippen LogP contribution in [-0.2, 0) is 9.59 Å². The van der Waals surface area contributed by atoms with Crippen LogP contribution in [-0.4, -0.2) is 34.0 Å². The number of carboxylic acids is 1. The molecule has 0 aromatic carbocycles. The van der Waals surface area contributed by atoms with Crippen molar-refractivity contribution in [3.63, 3.8) is 0 Å². The van der Waals surface area contributed by atoms with Gasteiger partial charge in [0.05, 0.1) is 5.92 Å². The average molecular weight is 237 g/mol. The van der Waals surface area contributed by atoms with E-state index in [4.69, 9.17) is 5.11 Å². The number of fused-ring (bicyclic) bond motifs is 2. The van der Waals surface area contributed by atoms with Crippen LogP contribution in [0.5, 0.6) is 0 Å². The molecule has 17 heavy (non-hydrogen) atoms. The van der Waals surface area contributed by atoms with E-state index in [2.05, 4.69) is 0 Å². The van der Waals surface area contributed by atoms with Crippen LogP contribution in [0, 0.1) is 17.8 Å². The Morgan fingerprint density at radius 3 is 2.47 bits per heavy atom. The lowest BCUT2D eigenvalue weighted by atomic mass is 9.89. The van der Waals surface area contributed by atoms with Gasteiger partial charge in [0.1, 0.15) is 0 Å². The molecule has 4 nitrogen and oxygen atoms in total. The molecule has 94 valence electrons. The van der Waals surface area contributed by atoms with Crippen LogP contribution >= 0.6 is 0 Å². The van der Waals surface area contributed by atoms with Gasteiger partial charge in [0.2, 0.25) is 5.91 Å². The van der Waals surface area contributed by atoms with Gasteiger partial charge in [0.15, 0.2) is 0 Å². The molecule has 1 amide bonds. The zero-order chi connectivity index (χ0) is 12.2. The largest absolute Gasteiger partial charge is 0.481 e. The van der Waals surface area contributed by atoms with Gasteiger partial charge in [-0.3, -0.25) is 9.59 Å². The number of hydrogen-bond donors (Lipinski definition) is 1. The lowest BCUT2D eigenvalue weighted by Crippen LogP contribution is -2.41. The predicted octanol–water partition coefficient (Wildman–Crippen LogP) is 1.50. The Morgan fingerprint density at radius 1 is 1.24 bits per heavy atom. The first-order valence-electron chi connectivity index (χ1n) is 6.64. The van der Waals surface area contributed by atoms with Crippen molar-refractivity contribution >= 4 is 11.9 Å². The molecule has 2 bridgehead atoms. The summed E-state index contributed by atoms with van der Waals surface area (Å²) in [6, 6.07) is 0.181. The van der Waals surface area contributed by atoms with Crippen LogP contribution in [0.3, 0.4) is 0 Å². The van der Waals surface area contributed by atoms with Gasteiger partial charge in [-0.15, -0.1) is 0 Å². The fraction of sp³-hybridized carbons (Fsp3) is 0.846. The maximum atomic E-state index is 12.4. The molecule has 3 aliphatic rings. The Bertz CT molecular complexity index is 364. The van der Waals surface area contributed by atoms with Crippen molar-refractivity contribution in [1.29, 1.82) is 0 Å². The Labute approximate surface area is 101 Å². The fourth-order valence-corrected chi connectivity index (χ4v) is 3.63. The number of carbonyl (C=O) groups is 2. The first-order chi connectivity index (χ1) is 8.09. The SMILES string of the molecule is CC(C(=O)N1C2CCC1C(C(=O)O)C2)C1CC1. The van der Waals surface area contributed by atoms with Crippen LogP contribution in [0.4, 0.5) is 0 Å². The van der Waals surface area contributed by atoms with E-state index in [-0.39, 0.29) is 29.8 Å². The minimum absolute atomic E-state index is 0.0220. The Morgan fingerprint density at radius 2 is 1.94 bits per heavy atom. The molecule has 4 heteroatoms. The molecule has 2 saturated heterocycles. The number of hydrogen-bond acceptors (Lipinski definition) is 2. The van der Waals surface area contributed by atoms with Gasteiger partial charge in [-0.2, -0.15) is 0 Å². The summed E-state index contributed by atoms with van der Waals surface area (Å²) in [5, 5.41) is 9.16. The summed E-state index contributed by atoms with van der Waals surface area (Å²) in [5.41, 5.74) is 0. The van der Waals surface area contributed by atoms with Gasteiger partial charge < -0.3 is 10.0 Å². The summed E-state index contributed by atoms with van der Waals surface area (Å²) in [6.45, 7) is 2.01. The smallest absolute Gasteiger partial charge is 0.308 e. The number of carbonyl (C=O) groups excluding carboxylic acids is 1. The van der Waals surface area contributed by atoms with Crippen LogP contribution in [0.2, 0.25) is 0 Å². The minimum atomic E-state index is -0.728. The zero-order valence-electron chi connectivity index (χ0n) is 10.1. The van der Waals surface area contributed by atoms with Crippen LogP contribution in [0.1, 0.15) is 39.0 Å². The highest BCUT2D eigenvalue weighted by atomic mass is 16.4. The van der Waals surface area contributed by atoms with Crippen LogP contribution in [0.15, 0.2) is 0 Å². The van der Waals surface area contributed by atoms with E-state index in [9.17, 15) is 9.59 Å². The van der Waals surface area contributed by atoms with Gasteiger partial charge >= 0.3 is 5.97 Å². The number of aliphatic carboxylic acids is 1. The van der Waals surface area contributed by atoms with Crippen molar-refractivity contribution in [2.75, 3.05) is 0 Å². The molecule has 1 saturated carbocycles. The van der Waals surface area contributed by atoms with E-state index in [0.717, 1.165) is 12.8 Å². The van der Waals surface area contributed by atoms with Crippen molar-refractivity contribution in [3.05, 3.63) is 0 Å². The number of amides is 1. The van der Waals surface area contributed by atoms with E-state index in [1.807, 2.05) is 11.8 Å². The first-order valence-corrected chi connectivity index (χ1v) is 6.64. The minimum Gasteiger partial charge on any atom is -0.481 e. The molecule has 1 N–H and O–H groups in total. The molecule has 0 spiro atoms. The second kappa shape index (κ2) is 3.72. The Hall–Kier alpha value is -1.06. The molecule has 0 aromatic rings. The quantitative estimate of drug-likeness (QED) is 0.809. The molecule has 3 rings (SSSR count). The van der Waals surface area contributed by atoms with Gasteiger partial charge in [-0.1, -0.05) is 6.92 Å². The van der Waals surface area contributed by atoms with E-state index < -0.39 is 5.97 Å². The summed E-state index contributed by atoms with van der Waals surface area (Å²) >= 11 is 0. The average Bonchev–Trinajstić information content (AvgIpc) is 3.00. The molecule has 0 aromatic heterocycles. The summed E-state index contributed by atoms with van der Waals surface area (Å²) < 4.78 is 0. The van der Waals surface area contributed by atoms with Crippen molar-refractivity contribution in [2.24, 2.45) is 17.8 Å². The number of rotatable bonds is 3. The summed E-state index contributed by atoms with van der Waals surface area (Å²) in [5.74, 6) is -0.168. The Kier molecular flexibility index (Phi) is 2.42. The maximum Gasteiger partial charge on any atom is 0.308 e. The van der Waals surface area contributed by atoms with Gasteiger partial charge in [0.25, 0.3) is 0 Å². The molecule has 2 aliphatic heterocycles. The van der Waals surface area contributed by atoms with Gasteiger partial charge in [0, 0.05) is 18.0 Å². The standard InChI is InChI=1S/C13H19NO3/c1-7(8-2-3-8)12(15)14-9-4-5-11(14)10(6-9)13(16)17/h7-11H,2-6H2,1H3,(H,16,17). The van der Waals surface area contributed by atoms with Gasteiger partial charge in [-0.05, 0) is 38.0 Å². The van der Waals surface area contributed by atoms with Gasteiger partial charge in [-0.25, -0.2) is 0 Å². The lowest BCUT2D eigenvalue weighted by molar-refractivity contribution is -0.143. The third kappa shape index (κ3) is 1.65. The summed E-state index contributed by atoms with van der Waals surface area (Å²) in [7, 11) is 0. The molecular weight excluding hydrogens is 218 g/mol. The van der Waals surface area contributed by atoms with E-state index in [1.165, 1.54) is 12.8 Å². The van der Waals surface area contributed by atoms with E-state index in [0.29, 0.717) is 12.3 Å². The molecule has 3 fully saturated rings. The first kappa shape index (κ1) is 11.1. The van der Waals surface area contributed by atoms with Crippen molar-refractivity contribution in [3.8, 4) is 0 Å². The molecule has 4 atom stereocenters. The predicted molar refractivity (Wildman–Crippen MR) is 61.3 cm³/mol. The molecule has 1 aliphatic carbocycles. The highest BCUT2D eigenvalue weighted by Crippen LogP contribution is 2.45. The number of carboxylic acid groups (broad SMARTS) is 1. The van der Waals surface area contributed by atoms with Crippen molar-refractivity contribution in [1.82, 2.24) is 4.90 Å². The van der Waals surface area contributed by atoms with E-state index >= 15 is 0 Å². The summed E-state index contributed by atoms with van der Waals surface area (Å²) in [4.78, 5) is 25.4. The zero-order valence-corrected chi connectivity index (χ0v) is 10.1. The monoisotopic (exact) mass is 237 g/mol. The third-order valence-electron chi connectivity index (χ3n) is 4.83. The molecule has 2 heterocycles. The molecule has 0 radical (unpaired) electrons. The second-order valence-corrected chi connectivity index (χ2v) is 5.85. The Balaban J connectivity index is 1.75. The van der Waals surface area contributed by atoms with Crippen LogP contribution < -0.4 is 0 Å². The molecular formula is C13H19NO3. The topological polar surface area (TPSA) is 57.6 Å². The highest BCUT2D eigenvalue weighted by Gasteiger charge is 2.52. The van der Waals surface area contributed by atoms with E-state index in [1.54, 1.807) is 0 Å². The normalized spacial score (nSPS) is 37.2. The number of nitrogens with zero attached hydrogens (tertiary/aromatic N) is 1. The molecule has 4 unspecified atom stereocenters. The third-order valence-corrected chi connectivity index (χ3v) is 4.83.